The van der Waals surface area contributed by atoms with Crippen LogP contribution in [0.4, 0.5) is 17.3 Å². The first-order chi connectivity index (χ1) is 18.9. The van der Waals surface area contributed by atoms with E-state index in [1.54, 1.807) is 0 Å². The third-order valence-corrected chi connectivity index (χ3v) is 8.89. The van der Waals surface area contributed by atoms with Crippen molar-refractivity contribution in [3.63, 3.8) is 0 Å². The largest absolute Gasteiger partial charge is 0.376 e. The van der Waals surface area contributed by atoms with Gasteiger partial charge in [0, 0.05) is 48.9 Å². The van der Waals surface area contributed by atoms with Crippen molar-refractivity contribution in [2.45, 2.75) is 64.6 Å². The highest BCUT2D eigenvalue weighted by atomic mass is 35.5. The number of anilines is 3. The number of rotatable bonds is 4. The number of hydrogen-bond acceptors (Lipinski definition) is 9. The van der Waals surface area contributed by atoms with Crippen LogP contribution >= 0.6 is 12.4 Å². The molecule has 2 atom stereocenters. The molecule has 11 nitrogen and oxygen atoms in total. The Labute approximate surface area is 239 Å². The summed E-state index contributed by atoms with van der Waals surface area (Å²) >= 11 is 0. The van der Waals surface area contributed by atoms with Crippen LogP contribution in [0.15, 0.2) is 30.7 Å². The van der Waals surface area contributed by atoms with Crippen molar-refractivity contribution in [1.82, 2.24) is 34.9 Å². The van der Waals surface area contributed by atoms with Crippen molar-refractivity contribution in [3.05, 3.63) is 36.4 Å². The molecule has 0 aliphatic carbocycles. The van der Waals surface area contributed by atoms with Crippen molar-refractivity contribution in [1.29, 1.82) is 0 Å². The van der Waals surface area contributed by atoms with Crippen LogP contribution in [0.5, 0.6) is 0 Å². The minimum Gasteiger partial charge on any atom is -0.376 e. The molecule has 12 heteroatoms. The molecular formula is C28H37ClN10O. The monoisotopic (exact) mass is 564 g/mol. The molecule has 40 heavy (non-hydrogen) atoms. The van der Waals surface area contributed by atoms with Gasteiger partial charge >= 0.3 is 0 Å². The van der Waals surface area contributed by atoms with E-state index in [9.17, 15) is 0 Å². The van der Waals surface area contributed by atoms with E-state index in [2.05, 4.69) is 64.2 Å². The fourth-order valence-electron chi connectivity index (χ4n) is 6.36. The van der Waals surface area contributed by atoms with Gasteiger partial charge in [-0.05, 0) is 58.6 Å². The van der Waals surface area contributed by atoms with E-state index in [0.717, 1.165) is 91.7 Å². The van der Waals surface area contributed by atoms with Crippen LogP contribution in [-0.4, -0.2) is 73.3 Å². The lowest BCUT2D eigenvalue weighted by atomic mass is 9.73. The molecule has 7 rings (SSSR count). The predicted molar refractivity (Wildman–Crippen MR) is 157 cm³/mol. The lowest BCUT2D eigenvalue weighted by molar-refractivity contribution is 0.0974. The highest BCUT2D eigenvalue weighted by Crippen LogP contribution is 2.42. The van der Waals surface area contributed by atoms with Crippen LogP contribution in [0, 0.1) is 5.41 Å². The summed E-state index contributed by atoms with van der Waals surface area (Å²) in [5.74, 6) is 1.67. The fraction of sp³-hybridized carbons (Fsp3) is 0.536. The summed E-state index contributed by atoms with van der Waals surface area (Å²) in [5, 5.41) is 12.3. The van der Waals surface area contributed by atoms with Crippen molar-refractivity contribution < 1.29 is 4.74 Å². The van der Waals surface area contributed by atoms with Gasteiger partial charge < -0.3 is 20.3 Å². The number of halogens is 1. The number of aryl methyl sites for hydroxylation is 1. The molecule has 1 spiro atoms. The first kappa shape index (κ1) is 26.9. The van der Waals surface area contributed by atoms with Crippen LogP contribution in [0.3, 0.4) is 0 Å². The molecule has 4 aromatic rings. The molecule has 3 aliphatic heterocycles. The SMILES string of the molecule is CC1OCC2(CCN(c3cnc4c(N5CCCc6nc(-c7cnn(C(C)C)c7)ccc65)n[nH]c4n3)CC2)C1N.Cl. The van der Waals surface area contributed by atoms with Gasteiger partial charge in [-0.3, -0.25) is 14.8 Å². The zero-order valence-corrected chi connectivity index (χ0v) is 24.1. The van der Waals surface area contributed by atoms with E-state index in [1.807, 2.05) is 17.1 Å². The maximum absolute atomic E-state index is 6.51. The molecule has 0 radical (unpaired) electrons. The Kier molecular flexibility index (Phi) is 6.92. The Bertz CT molecular complexity index is 1510. The van der Waals surface area contributed by atoms with Crippen molar-refractivity contribution in [2.75, 3.05) is 36.0 Å². The van der Waals surface area contributed by atoms with Gasteiger partial charge in [0.15, 0.2) is 17.0 Å². The van der Waals surface area contributed by atoms with Crippen LogP contribution in [0.1, 0.15) is 51.8 Å². The zero-order chi connectivity index (χ0) is 26.7. The zero-order valence-electron chi connectivity index (χ0n) is 23.2. The van der Waals surface area contributed by atoms with Gasteiger partial charge in [-0.1, -0.05) is 0 Å². The third-order valence-electron chi connectivity index (χ3n) is 8.89. The van der Waals surface area contributed by atoms with Crippen LogP contribution in [0.25, 0.3) is 22.4 Å². The van der Waals surface area contributed by atoms with E-state index in [-0.39, 0.29) is 30.0 Å². The van der Waals surface area contributed by atoms with E-state index < -0.39 is 0 Å². The smallest absolute Gasteiger partial charge is 0.183 e. The number of ether oxygens (including phenoxy) is 1. The van der Waals surface area contributed by atoms with E-state index in [4.69, 9.17) is 25.4 Å². The number of nitrogens with zero attached hydrogens (tertiary/aromatic N) is 8. The summed E-state index contributed by atoms with van der Waals surface area (Å²) in [7, 11) is 0. The summed E-state index contributed by atoms with van der Waals surface area (Å²) in [5.41, 5.74) is 12.2. The number of nitrogens with two attached hydrogens (primary N) is 1. The molecular weight excluding hydrogens is 528 g/mol. The number of aromatic nitrogens is 7. The fourth-order valence-corrected chi connectivity index (χ4v) is 6.36. The Morgan fingerprint density at radius 2 is 1.95 bits per heavy atom. The maximum atomic E-state index is 6.51. The molecule has 4 aromatic heterocycles. The number of pyridine rings is 1. The van der Waals surface area contributed by atoms with Gasteiger partial charge in [-0.25, -0.2) is 9.97 Å². The van der Waals surface area contributed by atoms with E-state index in [1.165, 1.54) is 0 Å². The van der Waals surface area contributed by atoms with Gasteiger partial charge in [0.2, 0.25) is 0 Å². The second-order valence-corrected chi connectivity index (χ2v) is 11.6. The Morgan fingerprint density at radius 1 is 1.12 bits per heavy atom. The first-order valence-electron chi connectivity index (χ1n) is 14.1. The van der Waals surface area contributed by atoms with Gasteiger partial charge in [0.05, 0.1) is 42.2 Å². The minimum atomic E-state index is 0. The van der Waals surface area contributed by atoms with Gasteiger partial charge in [-0.15, -0.1) is 12.4 Å². The third kappa shape index (κ3) is 4.40. The van der Waals surface area contributed by atoms with Crippen LogP contribution < -0.4 is 15.5 Å². The average Bonchev–Trinajstić information content (AvgIpc) is 3.68. The van der Waals surface area contributed by atoms with Gasteiger partial charge in [-0.2, -0.15) is 10.2 Å². The van der Waals surface area contributed by atoms with E-state index in [0.29, 0.717) is 11.7 Å². The van der Waals surface area contributed by atoms with Crippen molar-refractivity contribution >= 4 is 40.9 Å². The summed E-state index contributed by atoms with van der Waals surface area (Å²) in [6, 6.07) is 4.63. The van der Waals surface area contributed by atoms with E-state index >= 15 is 0 Å². The maximum Gasteiger partial charge on any atom is 0.183 e. The molecule has 0 saturated carbocycles. The van der Waals surface area contributed by atoms with Crippen molar-refractivity contribution in [2.24, 2.45) is 11.1 Å². The normalized spacial score (nSPS) is 22.2. The highest BCUT2D eigenvalue weighted by molar-refractivity contribution is 5.87. The minimum absolute atomic E-state index is 0. The lowest BCUT2D eigenvalue weighted by Gasteiger charge is -2.41. The topological polar surface area (TPSA) is 127 Å². The van der Waals surface area contributed by atoms with Gasteiger partial charge in [0.25, 0.3) is 0 Å². The summed E-state index contributed by atoms with van der Waals surface area (Å²) < 4.78 is 7.85. The summed E-state index contributed by atoms with van der Waals surface area (Å²) in [4.78, 5) is 19.3. The van der Waals surface area contributed by atoms with Crippen molar-refractivity contribution in [3.8, 4) is 11.3 Å². The number of fused-ring (bicyclic) bond motifs is 2. The molecule has 0 aromatic carbocycles. The predicted octanol–water partition coefficient (Wildman–Crippen LogP) is 4.03. The standard InChI is InChI=1S/C28H36N10O.ClH/c1-17(2)38-15-19(13-31-38)20-6-7-22-21(32-20)5-4-10-37(22)27-24-26(34-35-27)33-23(14-30-24)36-11-8-28(9-12-36)16-39-18(3)25(28)29;/h6-7,13-15,17-18,25H,4-5,8-12,16,29H2,1-3H3,(H,33,34,35);1H. The Hall–Kier alpha value is -3.28. The number of piperidine rings is 1. The van der Waals surface area contributed by atoms with Crippen LogP contribution in [-0.2, 0) is 11.2 Å². The Balaban J connectivity index is 0.00000289. The molecule has 0 bridgehead atoms. The number of aromatic amines is 1. The lowest BCUT2D eigenvalue weighted by Crippen LogP contribution is -2.50. The first-order valence-corrected chi connectivity index (χ1v) is 14.1. The quantitative estimate of drug-likeness (QED) is 0.377. The molecule has 7 heterocycles. The second-order valence-electron chi connectivity index (χ2n) is 11.6. The molecule has 3 aliphatic rings. The Morgan fingerprint density at radius 3 is 2.67 bits per heavy atom. The summed E-state index contributed by atoms with van der Waals surface area (Å²) in [6.07, 6.45) is 9.89. The molecule has 0 amide bonds. The average molecular weight is 565 g/mol. The number of nitrogens with one attached hydrogen (secondary N) is 1. The molecule has 2 saturated heterocycles. The summed E-state index contributed by atoms with van der Waals surface area (Å²) in [6.45, 7) is 9.74. The second kappa shape index (κ2) is 10.3. The number of hydrogen-bond donors (Lipinski definition) is 2. The van der Waals surface area contributed by atoms with Gasteiger partial charge in [0.1, 0.15) is 5.82 Å². The molecule has 2 unspecified atom stereocenters. The van der Waals surface area contributed by atoms with Crippen LogP contribution in [0.2, 0.25) is 0 Å². The molecule has 212 valence electrons. The molecule has 3 N–H and O–H groups in total. The molecule has 2 fully saturated rings. The highest BCUT2D eigenvalue weighted by Gasteiger charge is 2.47. The number of H-pyrrole nitrogens is 1.